The molecule has 1 fully saturated rings. The zero-order valence-corrected chi connectivity index (χ0v) is 18.2. The standard InChI is InChI=1S/C23H27N3O5/c1-14(2)18(12-27)20(21(29)17-8-15(3)7-16(9-17)11-24)26(22(25)30)13-23(5-6-23)10-19(28)31-4/h7-9,12,14H,5-6,10,13H2,1-4H3,(H2,25,30)/b20-18+. The largest absolute Gasteiger partial charge is 0.469 e. The highest BCUT2D eigenvalue weighted by Crippen LogP contribution is 2.50. The number of esters is 1. The van der Waals surface area contributed by atoms with Gasteiger partial charge in [0.2, 0.25) is 5.78 Å². The van der Waals surface area contributed by atoms with Crippen LogP contribution in [0.25, 0.3) is 0 Å². The van der Waals surface area contributed by atoms with Crippen LogP contribution in [0.5, 0.6) is 0 Å². The van der Waals surface area contributed by atoms with Gasteiger partial charge >= 0.3 is 12.0 Å². The first-order valence-corrected chi connectivity index (χ1v) is 9.97. The van der Waals surface area contributed by atoms with Crippen LogP contribution in [0.1, 0.15) is 54.6 Å². The van der Waals surface area contributed by atoms with Crippen molar-refractivity contribution in [3.8, 4) is 6.07 Å². The molecule has 0 unspecified atom stereocenters. The highest BCUT2D eigenvalue weighted by Gasteiger charge is 2.48. The Balaban J connectivity index is 2.59. The fourth-order valence-corrected chi connectivity index (χ4v) is 3.54. The number of amides is 2. The van der Waals surface area contributed by atoms with Crippen LogP contribution >= 0.6 is 0 Å². The number of primary amides is 1. The topological polar surface area (TPSA) is 131 Å². The molecule has 1 saturated carbocycles. The molecule has 0 atom stereocenters. The maximum Gasteiger partial charge on any atom is 0.319 e. The van der Waals surface area contributed by atoms with Crippen molar-refractivity contribution < 1.29 is 23.9 Å². The van der Waals surface area contributed by atoms with E-state index in [4.69, 9.17) is 10.5 Å². The number of carbonyl (C=O) groups is 4. The summed E-state index contributed by atoms with van der Waals surface area (Å²) in [5, 5.41) is 9.26. The van der Waals surface area contributed by atoms with E-state index < -0.39 is 23.2 Å². The first-order chi connectivity index (χ1) is 14.6. The highest BCUT2D eigenvalue weighted by molar-refractivity contribution is 6.13. The summed E-state index contributed by atoms with van der Waals surface area (Å²) < 4.78 is 4.75. The monoisotopic (exact) mass is 425 g/mol. The molecule has 2 N–H and O–H groups in total. The van der Waals surface area contributed by atoms with E-state index in [1.54, 1.807) is 32.9 Å². The summed E-state index contributed by atoms with van der Waals surface area (Å²) in [6, 6.07) is 5.74. The molecule has 2 amide bonds. The summed E-state index contributed by atoms with van der Waals surface area (Å²) in [4.78, 5) is 50.8. The fraction of sp³-hybridized carbons (Fsp3) is 0.435. The maximum atomic E-state index is 13.5. The smallest absolute Gasteiger partial charge is 0.319 e. The summed E-state index contributed by atoms with van der Waals surface area (Å²) in [7, 11) is 1.28. The average molecular weight is 425 g/mol. The Hall–Kier alpha value is -3.47. The third-order valence-electron chi connectivity index (χ3n) is 5.44. The summed E-state index contributed by atoms with van der Waals surface area (Å²) in [5.74, 6) is -1.37. The van der Waals surface area contributed by atoms with E-state index in [1.807, 2.05) is 6.07 Å². The Morgan fingerprint density at radius 3 is 2.39 bits per heavy atom. The number of ether oxygens (including phenoxy) is 1. The summed E-state index contributed by atoms with van der Waals surface area (Å²) in [6.07, 6.45) is 1.95. The van der Waals surface area contributed by atoms with Gasteiger partial charge in [0.1, 0.15) is 12.0 Å². The van der Waals surface area contributed by atoms with Gasteiger partial charge in [0, 0.05) is 17.7 Å². The van der Waals surface area contributed by atoms with Crippen molar-refractivity contribution in [3.63, 3.8) is 0 Å². The van der Waals surface area contributed by atoms with E-state index in [0.29, 0.717) is 24.7 Å². The number of aryl methyl sites for hydroxylation is 1. The lowest BCUT2D eigenvalue weighted by Crippen LogP contribution is -2.43. The van der Waals surface area contributed by atoms with Gasteiger partial charge in [-0.2, -0.15) is 5.26 Å². The summed E-state index contributed by atoms with van der Waals surface area (Å²) in [5.41, 5.74) is 6.25. The normalized spacial score (nSPS) is 14.8. The molecule has 31 heavy (non-hydrogen) atoms. The van der Waals surface area contributed by atoms with E-state index in [1.165, 1.54) is 13.2 Å². The number of carbonyl (C=O) groups excluding carboxylic acids is 4. The minimum Gasteiger partial charge on any atom is -0.469 e. The Labute approximate surface area is 181 Å². The maximum absolute atomic E-state index is 13.5. The third kappa shape index (κ3) is 5.57. The number of nitrogens with two attached hydrogens (primary N) is 1. The van der Waals surface area contributed by atoms with Gasteiger partial charge in [0.25, 0.3) is 0 Å². The van der Waals surface area contributed by atoms with Crippen molar-refractivity contribution in [2.75, 3.05) is 13.7 Å². The molecule has 0 bridgehead atoms. The number of hydrogen-bond donors (Lipinski definition) is 1. The van der Waals surface area contributed by atoms with Gasteiger partial charge < -0.3 is 10.5 Å². The number of ketones is 1. The van der Waals surface area contributed by atoms with Crippen LogP contribution in [0.4, 0.5) is 4.79 Å². The molecular weight excluding hydrogens is 398 g/mol. The minimum atomic E-state index is -0.896. The number of methoxy groups -OCH3 is 1. The predicted molar refractivity (Wildman–Crippen MR) is 113 cm³/mol. The van der Waals surface area contributed by atoms with Crippen LogP contribution < -0.4 is 5.73 Å². The van der Waals surface area contributed by atoms with Crippen LogP contribution in [0.15, 0.2) is 29.5 Å². The molecule has 164 valence electrons. The Bertz CT molecular complexity index is 983. The van der Waals surface area contributed by atoms with Crippen molar-refractivity contribution in [2.24, 2.45) is 17.1 Å². The molecule has 1 aliphatic rings. The SMILES string of the molecule is COC(=O)CC1(CN(C(N)=O)/C(C(=O)c2cc(C)cc(C#N)c2)=C(\C=O)C(C)C)CC1. The lowest BCUT2D eigenvalue weighted by molar-refractivity contribution is -0.142. The van der Waals surface area contributed by atoms with E-state index in [-0.39, 0.29) is 41.3 Å². The number of hydrogen-bond acceptors (Lipinski definition) is 6. The molecule has 0 radical (unpaired) electrons. The number of rotatable bonds is 9. The molecule has 0 spiro atoms. The van der Waals surface area contributed by atoms with Crippen LogP contribution in [-0.2, 0) is 14.3 Å². The molecular formula is C23H27N3O5. The zero-order chi connectivity index (χ0) is 23.3. The van der Waals surface area contributed by atoms with Crippen LogP contribution in [-0.4, -0.2) is 42.6 Å². The number of aldehydes is 1. The van der Waals surface area contributed by atoms with Gasteiger partial charge in [-0.1, -0.05) is 13.8 Å². The zero-order valence-electron chi connectivity index (χ0n) is 18.2. The van der Waals surface area contributed by atoms with Gasteiger partial charge in [-0.25, -0.2) is 4.79 Å². The lowest BCUT2D eigenvalue weighted by atomic mass is 9.93. The Kier molecular flexibility index (Phi) is 7.34. The molecule has 8 nitrogen and oxygen atoms in total. The second kappa shape index (κ2) is 9.56. The van der Waals surface area contributed by atoms with E-state index in [9.17, 15) is 24.4 Å². The van der Waals surface area contributed by atoms with Gasteiger partial charge in [0.15, 0.2) is 0 Å². The van der Waals surface area contributed by atoms with Gasteiger partial charge in [0.05, 0.1) is 25.2 Å². The molecule has 1 aromatic carbocycles. The molecule has 2 rings (SSSR count). The number of nitriles is 1. The molecule has 1 aromatic rings. The number of allylic oxidation sites excluding steroid dienone is 2. The molecule has 8 heteroatoms. The van der Waals surface area contributed by atoms with E-state index in [2.05, 4.69) is 0 Å². The molecule has 0 saturated heterocycles. The molecule has 0 aliphatic heterocycles. The second-order valence-electron chi connectivity index (χ2n) is 8.28. The molecule has 1 aliphatic carbocycles. The van der Waals surface area contributed by atoms with Gasteiger partial charge in [-0.15, -0.1) is 0 Å². The van der Waals surface area contributed by atoms with E-state index >= 15 is 0 Å². The number of Topliss-reactive ketones (excluding diaryl/α,β-unsaturated/α-hetero) is 1. The number of benzene rings is 1. The van der Waals surface area contributed by atoms with Gasteiger partial charge in [-0.05, 0) is 54.9 Å². The quantitative estimate of drug-likeness (QED) is 0.280. The number of nitrogens with zero attached hydrogens (tertiary/aromatic N) is 2. The Morgan fingerprint density at radius 1 is 1.29 bits per heavy atom. The highest BCUT2D eigenvalue weighted by atomic mass is 16.5. The van der Waals surface area contributed by atoms with Crippen molar-refractivity contribution in [1.82, 2.24) is 4.90 Å². The van der Waals surface area contributed by atoms with Gasteiger partial charge in [-0.3, -0.25) is 19.3 Å². The van der Waals surface area contributed by atoms with Crippen LogP contribution in [0.2, 0.25) is 0 Å². The third-order valence-corrected chi connectivity index (χ3v) is 5.44. The molecule has 0 heterocycles. The first kappa shape index (κ1) is 23.8. The van der Waals surface area contributed by atoms with E-state index in [0.717, 1.165) is 4.90 Å². The summed E-state index contributed by atoms with van der Waals surface area (Å²) >= 11 is 0. The van der Waals surface area contributed by atoms with Crippen molar-refractivity contribution in [1.29, 1.82) is 5.26 Å². The minimum absolute atomic E-state index is 0.0134. The molecule has 0 aromatic heterocycles. The first-order valence-electron chi connectivity index (χ1n) is 9.97. The number of urea groups is 1. The van der Waals surface area contributed by atoms with Crippen molar-refractivity contribution >= 4 is 24.1 Å². The average Bonchev–Trinajstić information content (AvgIpc) is 3.47. The lowest BCUT2D eigenvalue weighted by Gasteiger charge is -2.29. The fourth-order valence-electron chi connectivity index (χ4n) is 3.54. The Morgan fingerprint density at radius 2 is 1.94 bits per heavy atom. The van der Waals surface area contributed by atoms with Crippen LogP contribution in [0, 0.1) is 29.6 Å². The predicted octanol–water partition coefficient (Wildman–Crippen LogP) is 2.88. The second-order valence-corrected chi connectivity index (χ2v) is 8.28. The summed E-state index contributed by atoms with van der Waals surface area (Å²) in [6.45, 7) is 5.22. The van der Waals surface area contributed by atoms with Crippen molar-refractivity contribution in [2.45, 2.75) is 40.0 Å². The van der Waals surface area contributed by atoms with Crippen LogP contribution in [0.3, 0.4) is 0 Å². The van der Waals surface area contributed by atoms with Crippen molar-refractivity contribution in [3.05, 3.63) is 46.2 Å².